The second kappa shape index (κ2) is 12.2. The molecule has 0 aromatic carbocycles. The van der Waals surface area contributed by atoms with Gasteiger partial charge >= 0.3 is 0 Å². The largest absolute Gasteiger partial charge is 0.370 e. The monoisotopic (exact) mass is 507 g/mol. The van der Waals surface area contributed by atoms with Gasteiger partial charge in [-0.15, -0.1) is 0 Å². The number of halogens is 1. The molecule has 1 unspecified atom stereocenters. The fourth-order valence-corrected chi connectivity index (χ4v) is 4.32. The van der Waals surface area contributed by atoms with Crippen molar-refractivity contribution in [2.45, 2.75) is 51.1 Å². The summed E-state index contributed by atoms with van der Waals surface area (Å²) in [4.78, 5) is 20.6. The summed E-state index contributed by atoms with van der Waals surface area (Å²) in [6.07, 6.45) is 3.51. The number of aliphatic imine (C=N–C) groups is 1. The maximum atomic E-state index is 13.5. The zero-order valence-electron chi connectivity index (χ0n) is 21.6. The van der Waals surface area contributed by atoms with E-state index in [1.54, 1.807) is 11.9 Å². The SMILES string of the molecule is C=C/N=C(/N1CC(C(=O)NC2(C#N)CC2)C1)N(C)N(C)/C(CC)=C(\NCC)N(C)C(=N)SC(C)F. The van der Waals surface area contributed by atoms with E-state index in [4.69, 9.17) is 5.41 Å². The van der Waals surface area contributed by atoms with Gasteiger partial charge in [0.05, 0.1) is 17.7 Å². The van der Waals surface area contributed by atoms with E-state index in [1.165, 1.54) is 13.1 Å². The first-order valence-corrected chi connectivity index (χ1v) is 12.7. The molecule has 1 amide bonds. The number of amidine groups is 1. The van der Waals surface area contributed by atoms with Crippen LogP contribution in [0.3, 0.4) is 0 Å². The van der Waals surface area contributed by atoms with Crippen molar-refractivity contribution >= 4 is 28.8 Å². The minimum absolute atomic E-state index is 0.0975. The number of nitriles is 1. The van der Waals surface area contributed by atoms with Crippen LogP contribution < -0.4 is 10.6 Å². The van der Waals surface area contributed by atoms with E-state index in [1.807, 2.05) is 42.9 Å². The van der Waals surface area contributed by atoms with Gasteiger partial charge in [0.15, 0.2) is 5.17 Å². The molecule has 35 heavy (non-hydrogen) atoms. The highest BCUT2D eigenvalue weighted by Gasteiger charge is 2.47. The van der Waals surface area contributed by atoms with Crippen molar-refractivity contribution in [2.24, 2.45) is 10.9 Å². The highest BCUT2D eigenvalue weighted by Crippen LogP contribution is 2.35. The molecule has 0 aromatic heterocycles. The fraction of sp³-hybridized carbons (Fsp3) is 0.652. The molecule has 12 heteroatoms. The number of guanidine groups is 1. The number of likely N-dealkylation sites (tertiary alicyclic amines) is 1. The van der Waals surface area contributed by atoms with E-state index in [2.05, 4.69) is 28.3 Å². The molecule has 0 spiro atoms. The molecule has 2 fully saturated rings. The number of carbonyl (C=O) groups is 1. The topological polar surface area (TPSA) is 114 Å². The molecule has 2 aliphatic rings. The lowest BCUT2D eigenvalue weighted by Gasteiger charge is -2.46. The zero-order valence-corrected chi connectivity index (χ0v) is 22.4. The van der Waals surface area contributed by atoms with Crippen LogP contribution in [0.5, 0.6) is 0 Å². The van der Waals surface area contributed by atoms with Crippen LogP contribution in [0.4, 0.5) is 4.39 Å². The highest BCUT2D eigenvalue weighted by molar-refractivity contribution is 8.14. The summed E-state index contributed by atoms with van der Waals surface area (Å²) in [5.41, 5.74) is -0.984. The molecular weight excluding hydrogens is 469 g/mol. The van der Waals surface area contributed by atoms with Crippen molar-refractivity contribution in [3.05, 3.63) is 24.3 Å². The van der Waals surface area contributed by atoms with Gasteiger partial charge in [0, 0.05) is 47.0 Å². The summed E-state index contributed by atoms with van der Waals surface area (Å²) in [5.74, 6) is 1.02. The van der Waals surface area contributed by atoms with Crippen LogP contribution in [-0.2, 0) is 4.79 Å². The molecule has 3 N–H and O–H groups in total. The van der Waals surface area contributed by atoms with Crippen molar-refractivity contribution in [1.29, 1.82) is 10.7 Å². The van der Waals surface area contributed by atoms with E-state index in [0.717, 1.165) is 17.5 Å². The van der Waals surface area contributed by atoms with Crippen molar-refractivity contribution in [3.63, 3.8) is 0 Å². The Morgan fingerprint density at radius 1 is 1.37 bits per heavy atom. The Morgan fingerprint density at radius 3 is 2.46 bits per heavy atom. The van der Waals surface area contributed by atoms with Crippen molar-refractivity contribution in [1.82, 2.24) is 30.5 Å². The predicted octanol–water partition coefficient (Wildman–Crippen LogP) is 2.47. The van der Waals surface area contributed by atoms with Gasteiger partial charge in [0.1, 0.15) is 16.9 Å². The van der Waals surface area contributed by atoms with Gasteiger partial charge in [0.25, 0.3) is 0 Å². The molecule has 1 aliphatic carbocycles. The number of nitrogens with zero attached hydrogens (tertiary/aromatic N) is 6. The Morgan fingerprint density at radius 2 is 2.00 bits per heavy atom. The number of thioether (sulfide) groups is 1. The molecule has 0 bridgehead atoms. The van der Waals surface area contributed by atoms with E-state index < -0.39 is 11.0 Å². The molecule has 1 aliphatic heterocycles. The number of rotatable bonds is 10. The van der Waals surface area contributed by atoms with Crippen LogP contribution in [0, 0.1) is 22.7 Å². The summed E-state index contributed by atoms with van der Waals surface area (Å²) in [6.45, 7) is 10.7. The standard InChI is InChI=1S/C23H38FN9OS/c1-8-18(19(27-9-2)30(5)21(26)35-16(4)24)31(6)32(7)22(28-10-3)33-13-17(14-33)20(34)29-23(15-25)11-12-23/h10,16-17,26-27H,3,8-9,11-14H2,1-2,4-7H3,(H,29,34)/b19-18+,26-21?,28-22+. The summed E-state index contributed by atoms with van der Waals surface area (Å²) in [5, 5.41) is 27.6. The first-order chi connectivity index (χ1) is 16.5. The van der Waals surface area contributed by atoms with Gasteiger partial charge in [-0.2, -0.15) is 5.26 Å². The quantitative estimate of drug-likeness (QED) is 0.235. The molecule has 1 saturated carbocycles. The van der Waals surface area contributed by atoms with Crippen molar-refractivity contribution in [2.75, 3.05) is 40.8 Å². The lowest BCUT2D eigenvalue weighted by molar-refractivity contribution is -0.129. The molecule has 1 heterocycles. The van der Waals surface area contributed by atoms with E-state index in [9.17, 15) is 14.4 Å². The van der Waals surface area contributed by atoms with Gasteiger partial charge in [-0.05, 0) is 33.1 Å². The Hall–Kier alpha value is -2.94. The van der Waals surface area contributed by atoms with Crippen LogP contribution in [0.15, 0.2) is 29.3 Å². The van der Waals surface area contributed by atoms with Crippen molar-refractivity contribution < 1.29 is 9.18 Å². The first kappa shape index (κ1) is 28.3. The van der Waals surface area contributed by atoms with Gasteiger partial charge in [0.2, 0.25) is 11.9 Å². The second-order valence-corrected chi connectivity index (χ2v) is 9.92. The lowest BCUT2D eigenvalue weighted by atomic mass is 9.99. The number of alkyl halides is 1. The summed E-state index contributed by atoms with van der Waals surface area (Å²) in [6, 6.07) is 2.19. The maximum absolute atomic E-state index is 13.5. The van der Waals surface area contributed by atoms with Gasteiger partial charge in [-0.3, -0.25) is 20.2 Å². The average molecular weight is 508 g/mol. The molecule has 0 aromatic rings. The van der Waals surface area contributed by atoms with Gasteiger partial charge in [-0.25, -0.2) is 9.38 Å². The smallest absolute Gasteiger partial charge is 0.227 e. The molecule has 2 rings (SSSR count). The normalized spacial score (nSPS) is 18.3. The summed E-state index contributed by atoms with van der Waals surface area (Å²) < 4.78 is 13.5. The number of nitrogens with one attached hydrogen (secondary N) is 3. The third-order valence-corrected chi connectivity index (χ3v) is 6.89. The van der Waals surface area contributed by atoms with Crippen LogP contribution in [0.1, 0.15) is 40.0 Å². The fourth-order valence-electron chi connectivity index (χ4n) is 3.77. The Balaban J connectivity index is 2.18. The van der Waals surface area contributed by atoms with Crippen LogP contribution in [0.2, 0.25) is 0 Å². The molecule has 194 valence electrons. The second-order valence-electron chi connectivity index (χ2n) is 8.65. The molecule has 10 nitrogen and oxygen atoms in total. The number of hydrogen-bond acceptors (Lipinski definition) is 7. The number of amides is 1. The van der Waals surface area contributed by atoms with Crippen LogP contribution >= 0.6 is 11.8 Å². The molecular formula is C23H38FN9OS. The third-order valence-electron chi connectivity index (χ3n) is 6.07. The molecule has 1 atom stereocenters. The number of allylic oxidation sites excluding steroid dienone is 1. The Labute approximate surface area is 212 Å². The van der Waals surface area contributed by atoms with Crippen molar-refractivity contribution in [3.8, 4) is 6.07 Å². The molecule has 0 radical (unpaired) electrons. The maximum Gasteiger partial charge on any atom is 0.227 e. The van der Waals surface area contributed by atoms with Gasteiger partial charge in [-0.1, -0.05) is 25.3 Å². The van der Waals surface area contributed by atoms with Gasteiger partial charge < -0.3 is 20.4 Å². The summed E-state index contributed by atoms with van der Waals surface area (Å²) >= 11 is 0.843. The summed E-state index contributed by atoms with van der Waals surface area (Å²) in [7, 11) is 5.50. The number of hydrazine groups is 1. The van der Waals surface area contributed by atoms with Crippen LogP contribution in [0.25, 0.3) is 0 Å². The average Bonchev–Trinajstić information content (AvgIpc) is 3.55. The zero-order chi connectivity index (χ0) is 26.3. The molecule has 1 saturated heterocycles. The lowest BCUT2D eigenvalue weighted by Crippen LogP contribution is -2.61. The number of hydrogen-bond donors (Lipinski definition) is 3. The predicted molar refractivity (Wildman–Crippen MR) is 139 cm³/mol. The van der Waals surface area contributed by atoms with E-state index in [0.29, 0.717) is 50.7 Å². The Kier molecular flexibility index (Phi) is 9.82. The Bertz CT molecular complexity index is 903. The third kappa shape index (κ3) is 6.81. The van der Waals surface area contributed by atoms with Crippen LogP contribution in [-0.4, -0.2) is 88.7 Å². The first-order valence-electron chi connectivity index (χ1n) is 11.8. The van der Waals surface area contributed by atoms with E-state index >= 15 is 0 Å². The minimum atomic E-state index is -1.19. The van der Waals surface area contributed by atoms with E-state index in [-0.39, 0.29) is 17.0 Å². The minimum Gasteiger partial charge on any atom is -0.370 e. The number of carbonyl (C=O) groups excluding carboxylic acids is 1. The highest BCUT2D eigenvalue weighted by atomic mass is 32.2.